The Balaban J connectivity index is 1.50. The number of hydrogen-bond acceptors (Lipinski definition) is 5. The molecule has 7 heteroatoms. The summed E-state index contributed by atoms with van der Waals surface area (Å²) in [5.74, 6) is -0.201. The standard InChI is InChI=1S/C23H20N4O3/c28-20(30-15-16-7-3-1-4-8-16)14-26-23(29)22-19(21(25-26)17-11-12-17)13-24-27(22)18-9-5-2-6-10-18/h1-10,13,17H,11-12,14-15H2. The maximum absolute atomic E-state index is 13.2. The van der Waals surface area contributed by atoms with Gasteiger partial charge in [-0.2, -0.15) is 10.2 Å². The van der Waals surface area contributed by atoms with E-state index in [1.54, 1.807) is 10.9 Å². The van der Waals surface area contributed by atoms with Gasteiger partial charge in [0, 0.05) is 11.3 Å². The molecule has 0 aliphatic heterocycles. The molecule has 30 heavy (non-hydrogen) atoms. The van der Waals surface area contributed by atoms with E-state index in [1.165, 1.54) is 4.68 Å². The monoisotopic (exact) mass is 400 g/mol. The Morgan fingerprint density at radius 2 is 1.73 bits per heavy atom. The lowest BCUT2D eigenvalue weighted by atomic mass is 10.2. The minimum Gasteiger partial charge on any atom is -0.459 e. The minimum absolute atomic E-state index is 0.161. The predicted molar refractivity (Wildman–Crippen MR) is 111 cm³/mol. The minimum atomic E-state index is -0.500. The molecule has 0 amide bonds. The van der Waals surface area contributed by atoms with Crippen LogP contribution in [0.15, 0.2) is 71.7 Å². The van der Waals surface area contributed by atoms with Gasteiger partial charge in [-0.1, -0.05) is 48.5 Å². The fourth-order valence-corrected chi connectivity index (χ4v) is 3.53. The zero-order valence-corrected chi connectivity index (χ0v) is 16.3. The van der Waals surface area contributed by atoms with Crippen LogP contribution in [-0.2, 0) is 22.7 Å². The normalized spacial score (nSPS) is 13.5. The predicted octanol–water partition coefficient (Wildman–Crippen LogP) is 3.20. The third kappa shape index (κ3) is 3.50. The number of hydrogen-bond donors (Lipinski definition) is 0. The van der Waals surface area contributed by atoms with E-state index in [2.05, 4.69) is 10.2 Å². The van der Waals surface area contributed by atoms with Crippen molar-refractivity contribution in [2.75, 3.05) is 0 Å². The van der Waals surface area contributed by atoms with Gasteiger partial charge < -0.3 is 4.74 Å². The first-order chi connectivity index (χ1) is 14.7. The SMILES string of the molecule is O=C(Cn1nc(C2CC2)c2cnn(-c3ccccc3)c2c1=O)OCc1ccccc1. The Bertz CT molecular complexity index is 1260. The second-order valence-corrected chi connectivity index (χ2v) is 7.42. The first kappa shape index (κ1) is 18.3. The molecule has 1 saturated carbocycles. The van der Waals surface area contributed by atoms with Crippen molar-refractivity contribution in [3.63, 3.8) is 0 Å². The van der Waals surface area contributed by atoms with Gasteiger partial charge in [-0.25, -0.2) is 9.36 Å². The fraction of sp³-hybridized carbons (Fsp3) is 0.217. The van der Waals surface area contributed by atoms with Gasteiger partial charge in [0.05, 0.1) is 17.6 Å². The zero-order valence-electron chi connectivity index (χ0n) is 16.3. The van der Waals surface area contributed by atoms with E-state index in [4.69, 9.17) is 4.74 Å². The van der Waals surface area contributed by atoms with Crippen molar-refractivity contribution in [2.24, 2.45) is 0 Å². The molecular weight excluding hydrogens is 380 g/mol. The number of esters is 1. The number of aromatic nitrogens is 4. The van der Waals surface area contributed by atoms with Crippen molar-refractivity contribution in [3.8, 4) is 5.69 Å². The highest BCUT2D eigenvalue weighted by Crippen LogP contribution is 2.41. The molecule has 0 atom stereocenters. The molecule has 2 aromatic heterocycles. The van der Waals surface area contributed by atoms with E-state index in [-0.39, 0.29) is 18.7 Å². The van der Waals surface area contributed by atoms with E-state index in [0.717, 1.165) is 35.2 Å². The van der Waals surface area contributed by atoms with Crippen molar-refractivity contribution >= 4 is 16.9 Å². The molecule has 0 N–H and O–H groups in total. The molecular formula is C23H20N4O3. The number of benzene rings is 2. The Hall–Kier alpha value is -3.74. The van der Waals surface area contributed by atoms with Crippen LogP contribution in [0.4, 0.5) is 0 Å². The number of carbonyl (C=O) groups is 1. The van der Waals surface area contributed by atoms with Crippen LogP contribution in [0.3, 0.4) is 0 Å². The van der Waals surface area contributed by atoms with Gasteiger partial charge in [-0.05, 0) is 30.5 Å². The molecule has 1 aliphatic carbocycles. The summed E-state index contributed by atoms with van der Waals surface area (Å²) >= 11 is 0. The van der Waals surface area contributed by atoms with Crippen molar-refractivity contribution < 1.29 is 9.53 Å². The average molecular weight is 400 g/mol. The molecule has 0 radical (unpaired) electrons. The lowest BCUT2D eigenvalue weighted by Gasteiger charge is -2.10. The largest absolute Gasteiger partial charge is 0.459 e. The molecule has 5 rings (SSSR count). The second kappa shape index (κ2) is 7.59. The first-order valence-electron chi connectivity index (χ1n) is 9.94. The Kier molecular flexibility index (Phi) is 4.63. The van der Waals surface area contributed by atoms with Crippen LogP contribution in [0.1, 0.15) is 30.0 Å². The van der Waals surface area contributed by atoms with Crippen LogP contribution in [-0.4, -0.2) is 25.5 Å². The van der Waals surface area contributed by atoms with Gasteiger partial charge in [0.25, 0.3) is 5.56 Å². The molecule has 7 nitrogen and oxygen atoms in total. The lowest BCUT2D eigenvalue weighted by Crippen LogP contribution is -2.29. The van der Waals surface area contributed by atoms with E-state index in [1.807, 2.05) is 60.7 Å². The van der Waals surface area contributed by atoms with Gasteiger partial charge in [0.2, 0.25) is 0 Å². The highest BCUT2D eigenvalue weighted by atomic mass is 16.5. The summed E-state index contributed by atoms with van der Waals surface area (Å²) in [5.41, 5.74) is 2.59. The van der Waals surface area contributed by atoms with E-state index in [0.29, 0.717) is 11.4 Å². The summed E-state index contributed by atoms with van der Waals surface area (Å²) in [6.07, 6.45) is 3.74. The van der Waals surface area contributed by atoms with Crippen LogP contribution in [0, 0.1) is 0 Å². The summed E-state index contributed by atoms with van der Waals surface area (Å²) in [7, 11) is 0. The van der Waals surface area contributed by atoms with Crippen molar-refractivity contribution in [1.29, 1.82) is 0 Å². The molecule has 0 spiro atoms. The second-order valence-electron chi connectivity index (χ2n) is 7.42. The quantitative estimate of drug-likeness (QED) is 0.465. The smallest absolute Gasteiger partial charge is 0.328 e. The fourth-order valence-electron chi connectivity index (χ4n) is 3.53. The third-order valence-corrected chi connectivity index (χ3v) is 5.20. The number of para-hydroxylation sites is 1. The van der Waals surface area contributed by atoms with Crippen molar-refractivity contribution in [3.05, 3.63) is 88.5 Å². The molecule has 1 fully saturated rings. The number of ether oxygens (including phenoxy) is 1. The molecule has 0 bridgehead atoms. The Morgan fingerprint density at radius 3 is 2.43 bits per heavy atom. The summed E-state index contributed by atoms with van der Waals surface area (Å²) in [6.45, 7) is -0.0740. The summed E-state index contributed by atoms with van der Waals surface area (Å²) in [4.78, 5) is 25.6. The summed E-state index contributed by atoms with van der Waals surface area (Å²) in [6, 6.07) is 18.9. The van der Waals surface area contributed by atoms with Gasteiger partial charge in [-0.3, -0.25) is 9.59 Å². The number of rotatable bonds is 6. The highest BCUT2D eigenvalue weighted by molar-refractivity contribution is 5.82. The van der Waals surface area contributed by atoms with Gasteiger partial charge in [-0.15, -0.1) is 0 Å². The van der Waals surface area contributed by atoms with Crippen LogP contribution in [0.2, 0.25) is 0 Å². The third-order valence-electron chi connectivity index (χ3n) is 5.20. The Morgan fingerprint density at radius 1 is 1.03 bits per heavy atom. The van der Waals surface area contributed by atoms with Crippen molar-refractivity contribution in [2.45, 2.75) is 31.9 Å². The molecule has 1 aliphatic rings. The van der Waals surface area contributed by atoms with E-state index >= 15 is 0 Å². The molecule has 150 valence electrons. The van der Waals surface area contributed by atoms with Gasteiger partial charge >= 0.3 is 5.97 Å². The molecule has 0 saturated heterocycles. The first-order valence-corrected chi connectivity index (χ1v) is 9.94. The van der Waals surface area contributed by atoms with E-state index in [9.17, 15) is 9.59 Å². The molecule has 2 aromatic carbocycles. The van der Waals surface area contributed by atoms with Gasteiger partial charge in [0.15, 0.2) is 0 Å². The number of carbonyl (C=O) groups excluding carboxylic acids is 1. The van der Waals surface area contributed by atoms with Crippen LogP contribution < -0.4 is 5.56 Å². The molecule has 0 unspecified atom stereocenters. The molecule has 2 heterocycles. The Labute approximate surface area is 172 Å². The van der Waals surface area contributed by atoms with Gasteiger partial charge in [0.1, 0.15) is 18.7 Å². The van der Waals surface area contributed by atoms with Crippen molar-refractivity contribution in [1.82, 2.24) is 19.6 Å². The summed E-state index contributed by atoms with van der Waals surface area (Å²) in [5, 5.41) is 9.71. The zero-order chi connectivity index (χ0) is 20.5. The lowest BCUT2D eigenvalue weighted by molar-refractivity contribution is -0.146. The van der Waals surface area contributed by atoms with E-state index < -0.39 is 5.97 Å². The number of fused-ring (bicyclic) bond motifs is 1. The number of nitrogens with zero attached hydrogens (tertiary/aromatic N) is 4. The van der Waals surface area contributed by atoms with Crippen LogP contribution >= 0.6 is 0 Å². The maximum atomic E-state index is 13.2. The average Bonchev–Trinajstić information content (AvgIpc) is 3.53. The topological polar surface area (TPSA) is 79.0 Å². The molecule has 4 aromatic rings. The summed E-state index contributed by atoms with van der Waals surface area (Å²) < 4.78 is 8.19. The van der Waals surface area contributed by atoms with Crippen LogP contribution in [0.25, 0.3) is 16.6 Å². The maximum Gasteiger partial charge on any atom is 0.328 e. The van der Waals surface area contributed by atoms with Crippen LogP contribution in [0.5, 0.6) is 0 Å². The highest BCUT2D eigenvalue weighted by Gasteiger charge is 2.30.